The van der Waals surface area contributed by atoms with Crippen LogP contribution in [0.5, 0.6) is 0 Å². The summed E-state index contributed by atoms with van der Waals surface area (Å²) in [6, 6.07) is 6.20. The van der Waals surface area contributed by atoms with Crippen molar-refractivity contribution in [3.05, 3.63) is 29.8 Å². The number of nitrogens with two attached hydrogens (primary N) is 1. The SMILES string of the molecule is CCOC(=O)CN(N)S(=O)(=O)c1ccc(C)cc1. The molecule has 0 fully saturated rings. The number of carbonyl (C=O) groups excluding carboxylic acids is 1. The number of nitrogens with zero attached hydrogens (tertiary/aromatic N) is 1. The molecule has 100 valence electrons. The molecule has 1 rings (SSSR count). The van der Waals surface area contributed by atoms with Crippen molar-refractivity contribution in [1.29, 1.82) is 0 Å². The van der Waals surface area contributed by atoms with E-state index in [0.29, 0.717) is 4.41 Å². The minimum absolute atomic E-state index is 0.0416. The van der Waals surface area contributed by atoms with Crippen molar-refractivity contribution in [3.8, 4) is 0 Å². The number of ether oxygens (including phenoxy) is 1. The maximum Gasteiger partial charge on any atom is 0.322 e. The van der Waals surface area contributed by atoms with Crippen molar-refractivity contribution in [3.63, 3.8) is 0 Å². The van der Waals surface area contributed by atoms with Crippen LogP contribution in [0.25, 0.3) is 0 Å². The first-order valence-corrected chi connectivity index (χ1v) is 6.81. The number of hydrogen-bond donors (Lipinski definition) is 1. The Kier molecular flexibility index (Phi) is 4.83. The summed E-state index contributed by atoms with van der Waals surface area (Å²) >= 11 is 0. The molecule has 0 aliphatic carbocycles. The van der Waals surface area contributed by atoms with Crippen LogP contribution in [0, 0.1) is 6.92 Å². The van der Waals surface area contributed by atoms with Crippen LogP contribution in [0.15, 0.2) is 29.2 Å². The molecular formula is C11H16N2O4S. The van der Waals surface area contributed by atoms with Gasteiger partial charge in [-0.2, -0.15) is 0 Å². The molecular weight excluding hydrogens is 256 g/mol. The summed E-state index contributed by atoms with van der Waals surface area (Å²) in [6.45, 7) is 3.14. The molecule has 0 saturated heterocycles. The van der Waals surface area contributed by atoms with Gasteiger partial charge in [0.1, 0.15) is 6.54 Å². The second-order valence-corrected chi connectivity index (χ2v) is 5.56. The standard InChI is InChI=1S/C11H16N2O4S/c1-3-17-11(14)8-13(12)18(15,16)10-6-4-9(2)5-7-10/h4-7H,3,8,12H2,1-2H3. The van der Waals surface area contributed by atoms with E-state index in [2.05, 4.69) is 4.74 Å². The Morgan fingerprint density at radius 2 is 1.89 bits per heavy atom. The molecule has 0 aliphatic rings. The molecule has 0 radical (unpaired) electrons. The fourth-order valence-corrected chi connectivity index (χ4v) is 2.29. The minimum Gasteiger partial charge on any atom is -0.465 e. The molecule has 0 unspecified atom stereocenters. The average molecular weight is 272 g/mol. The third-order valence-electron chi connectivity index (χ3n) is 2.22. The van der Waals surface area contributed by atoms with Gasteiger partial charge in [-0.25, -0.2) is 8.42 Å². The van der Waals surface area contributed by atoms with Gasteiger partial charge in [0, 0.05) is 0 Å². The van der Waals surface area contributed by atoms with Gasteiger partial charge in [-0.1, -0.05) is 17.7 Å². The van der Waals surface area contributed by atoms with Gasteiger partial charge in [-0.05, 0) is 26.0 Å². The molecule has 1 aromatic carbocycles. The van der Waals surface area contributed by atoms with Crippen LogP contribution in [-0.4, -0.2) is 32.0 Å². The zero-order chi connectivity index (χ0) is 13.8. The highest BCUT2D eigenvalue weighted by atomic mass is 32.2. The topological polar surface area (TPSA) is 89.7 Å². The van der Waals surface area contributed by atoms with Gasteiger partial charge >= 0.3 is 5.97 Å². The quantitative estimate of drug-likeness (QED) is 0.477. The van der Waals surface area contributed by atoms with Crippen molar-refractivity contribution in [2.75, 3.05) is 13.2 Å². The summed E-state index contributed by atoms with van der Waals surface area (Å²) in [5.41, 5.74) is 0.933. The fraction of sp³-hybridized carbons (Fsp3) is 0.364. The van der Waals surface area contributed by atoms with E-state index in [1.165, 1.54) is 12.1 Å². The number of sulfonamides is 1. The number of hydrazine groups is 1. The summed E-state index contributed by atoms with van der Waals surface area (Å²) in [4.78, 5) is 11.2. The molecule has 7 heteroatoms. The first-order chi connectivity index (χ1) is 8.37. The molecule has 0 aromatic heterocycles. The van der Waals surface area contributed by atoms with Gasteiger partial charge in [-0.3, -0.25) is 10.6 Å². The number of aryl methyl sites for hydroxylation is 1. The van der Waals surface area contributed by atoms with E-state index in [-0.39, 0.29) is 11.5 Å². The van der Waals surface area contributed by atoms with E-state index in [0.717, 1.165) is 5.56 Å². The average Bonchev–Trinajstić information content (AvgIpc) is 2.29. The predicted molar refractivity (Wildman–Crippen MR) is 65.9 cm³/mol. The Balaban J connectivity index is 2.86. The lowest BCUT2D eigenvalue weighted by Crippen LogP contribution is -2.41. The van der Waals surface area contributed by atoms with Gasteiger partial charge in [0.15, 0.2) is 0 Å². The van der Waals surface area contributed by atoms with Crippen molar-refractivity contribution < 1.29 is 17.9 Å². The van der Waals surface area contributed by atoms with Gasteiger partial charge in [0.2, 0.25) is 0 Å². The van der Waals surface area contributed by atoms with E-state index in [9.17, 15) is 13.2 Å². The van der Waals surface area contributed by atoms with Crippen LogP contribution in [-0.2, 0) is 19.6 Å². The molecule has 0 bridgehead atoms. The Labute approximate surface area is 106 Å². The highest BCUT2D eigenvalue weighted by molar-refractivity contribution is 7.89. The number of benzene rings is 1. The molecule has 6 nitrogen and oxygen atoms in total. The van der Waals surface area contributed by atoms with E-state index in [1.807, 2.05) is 6.92 Å². The first-order valence-electron chi connectivity index (χ1n) is 5.37. The van der Waals surface area contributed by atoms with Gasteiger partial charge in [0.05, 0.1) is 11.5 Å². The van der Waals surface area contributed by atoms with Crippen LogP contribution in [0.4, 0.5) is 0 Å². The highest BCUT2D eigenvalue weighted by Crippen LogP contribution is 2.13. The van der Waals surface area contributed by atoms with E-state index in [4.69, 9.17) is 5.84 Å². The lowest BCUT2D eigenvalue weighted by molar-refractivity contribution is -0.143. The van der Waals surface area contributed by atoms with Crippen molar-refractivity contribution in [1.82, 2.24) is 4.41 Å². The molecule has 0 spiro atoms. The monoisotopic (exact) mass is 272 g/mol. The molecule has 1 aromatic rings. The zero-order valence-corrected chi connectivity index (χ0v) is 11.1. The normalized spacial score (nSPS) is 11.6. The maximum atomic E-state index is 12.0. The molecule has 0 atom stereocenters. The Morgan fingerprint density at radius 3 is 2.39 bits per heavy atom. The lowest BCUT2D eigenvalue weighted by Gasteiger charge is -2.15. The van der Waals surface area contributed by atoms with Crippen LogP contribution in [0.3, 0.4) is 0 Å². The summed E-state index contributed by atoms with van der Waals surface area (Å²) in [5, 5.41) is 0. The number of carbonyl (C=O) groups is 1. The Bertz CT molecular complexity index is 510. The molecule has 0 amide bonds. The predicted octanol–water partition coefficient (Wildman–Crippen LogP) is 0.423. The maximum absolute atomic E-state index is 12.0. The van der Waals surface area contributed by atoms with Gasteiger partial charge in [0.25, 0.3) is 10.0 Å². The number of hydrogen-bond acceptors (Lipinski definition) is 5. The minimum atomic E-state index is -3.86. The summed E-state index contributed by atoms with van der Waals surface area (Å²) in [5.74, 6) is 4.71. The largest absolute Gasteiger partial charge is 0.465 e. The second-order valence-electron chi connectivity index (χ2n) is 3.67. The van der Waals surface area contributed by atoms with Gasteiger partial charge < -0.3 is 4.74 Å². The second kappa shape index (κ2) is 5.94. The van der Waals surface area contributed by atoms with Crippen LogP contribution in [0.1, 0.15) is 12.5 Å². The Hall–Kier alpha value is -1.44. The van der Waals surface area contributed by atoms with Crippen LogP contribution in [0.2, 0.25) is 0 Å². The zero-order valence-electron chi connectivity index (χ0n) is 10.3. The Morgan fingerprint density at radius 1 is 1.33 bits per heavy atom. The van der Waals surface area contributed by atoms with Crippen molar-refractivity contribution in [2.24, 2.45) is 5.84 Å². The molecule has 0 saturated carbocycles. The number of esters is 1. The molecule has 18 heavy (non-hydrogen) atoms. The summed E-state index contributed by atoms with van der Waals surface area (Å²) in [6.07, 6.45) is 0. The third kappa shape index (κ3) is 3.52. The summed E-state index contributed by atoms with van der Waals surface area (Å²) < 4.78 is 29.1. The van der Waals surface area contributed by atoms with Gasteiger partial charge in [-0.15, -0.1) is 4.41 Å². The molecule has 0 heterocycles. The van der Waals surface area contributed by atoms with E-state index < -0.39 is 22.5 Å². The van der Waals surface area contributed by atoms with E-state index in [1.54, 1.807) is 19.1 Å². The number of rotatable bonds is 5. The summed E-state index contributed by atoms with van der Waals surface area (Å²) in [7, 11) is -3.86. The fourth-order valence-electron chi connectivity index (χ4n) is 1.26. The highest BCUT2D eigenvalue weighted by Gasteiger charge is 2.23. The van der Waals surface area contributed by atoms with Crippen molar-refractivity contribution >= 4 is 16.0 Å². The van der Waals surface area contributed by atoms with Crippen LogP contribution >= 0.6 is 0 Å². The molecule has 0 aliphatic heterocycles. The van der Waals surface area contributed by atoms with Crippen LogP contribution < -0.4 is 5.84 Å². The van der Waals surface area contributed by atoms with E-state index >= 15 is 0 Å². The first kappa shape index (κ1) is 14.6. The van der Waals surface area contributed by atoms with Crippen molar-refractivity contribution in [2.45, 2.75) is 18.7 Å². The smallest absolute Gasteiger partial charge is 0.322 e. The molecule has 2 N–H and O–H groups in total. The lowest BCUT2D eigenvalue weighted by atomic mass is 10.2. The third-order valence-corrected chi connectivity index (χ3v) is 3.83.